The van der Waals surface area contributed by atoms with Gasteiger partial charge in [-0.15, -0.1) is 0 Å². The van der Waals surface area contributed by atoms with Crippen LogP contribution in [-0.4, -0.2) is 15.7 Å². The smallest absolute Gasteiger partial charge is 0.416 e. The van der Waals surface area contributed by atoms with Crippen molar-refractivity contribution in [3.8, 4) is 5.75 Å². The molecule has 1 heterocycles. The zero-order valence-corrected chi connectivity index (χ0v) is 14.4. The monoisotopic (exact) mass is 393 g/mol. The molecule has 1 N–H and O–H groups in total. The number of carbonyl (C=O) groups is 1. The van der Waals surface area contributed by atoms with Crippen molar-refractivity contribution in [3.05, 3.63) is 83.4 Å². The van der Waals surface area contributed by atoms with Crippen molar-refractivity contribution in [1.82, 2.24) is 15.1 Å². The second-order valence-electron chi connectivity index (χ2n) is 5.85. The van der Waals surface area contributed by atoms with Crippen LogP contribution in [0, 0.1) is 5.82 Å². The number of hydrogen-bond donors (Lipinski definition) is 1. The Labute approximate surface area is 157 Å². The minimum absolute atomic E-state index is 0.0348. The van der Waals surface area contributed by atoms with Gasteiger partial charge in [0.1, 0.15) is 17.3 Å². The summed E-state index contributed by atoms with van der Waals surface area (Å²) < 4.78 is 57.5. The van der Waals surface area contributed by atoms with E-state index in [1.165, 1.54) is 41.2 Å². The van der Waals surface area contributed by atoms with Crippen LogP contribution in [0.25, 0.3) is 0 Å². The fraction of sp³-hybridized carbons (Fsp3) is 0.158. The molecule has 28 heavy (non-hydrogen) atoms. The van der Waals surface area contributed by atoms with Crippen LogP contribution in [0.1, 0.15) is 21.6 Å². The van der Waals surface area contributed by atoms with Crippen molar-refractivity contribution in [2.45, 2.75) is 19.5 Å². The average molecular weight is 393 g/mol. The van der Waals surface area contributed by atoms with E-state index < -0.39 is 17.6 Å². The Morgan fingerprint density at radius 1 is 1.11 bits per heavy atom. The highest BCUT2D eigenvalue weighted by molar-refractivity contribution is 5.92. The lowest BCUT2D eigenvalue weighted by Crippen LogP contribution is -2.23. The highest BCUT2D eigenvalue weighted by atomic mass is 19.4. The Morgan fingerprint density at radius 3 is 2.57 bits per heavy atom. The van der Waals surface area contributed by atoms with Gasteiger partial charge in [-0.25, -0.2) is 9.07 Å². The molecule has 0 aliphatic carbocycles. The Morgan fingerprint density at radius 2 is 1.86 bits per heavy atom. The van der Waals surface area contributed by atoms with Gasteiger partial charge < -0.3 is 10.1 Å². The Kier molecular flexibility index (Phi) is 5.62. The first-order valence-electron chi connectivity index (χ1n) is 8.17. The molecule has 0 spiro atoms. The third-order valence-corrected chi connectivity index (χ3v) is 3.76. The van der Waals surface area contributed by atoms with E-state index in [0.29, 0.717) is 0 Å². The molecule has 0 atom stereocenters. The molecular formula is C19H15F4N3O2. The summed E-state index contributed by atoms with van der Waals surface area (Å²) in [5.74, 6) is -0.774. The molecular weight excluding hydrogens is 378 g/mol. The van der Waals surface area contributed by atoms with Crippen LogP contribution in [0.15, 0.2) is 60.8 Å². The summed E-state index contributed by atoms with van der Waals surface area (Å²) in [5, 5.41) is 6.66. The van der Waals surface area contributed by atoms with Gasteiger partial charge in [0.25, 0.3) is 5.91 Å². The number of nitrogens with zero attached hydrogens (tertiary/aromatic N) is 2. The minimum Gasteiger partial charge on any atom is -0.471 e. The van der Waals surface area contributed by atoms with Gasteiger partial charge in [0.05, 0.1) is 5.56 Å². The normalized spacial score (nSPS) is 11.3. The Balaban J connectivity index is 1.55. The molecule has 0 radical (unpaired) electrons. The van der Waals surface area contributed by atoms with Crippen molar-refractivity contribution < 1.29 is 27.1 Å². The van der Waals surface area contributed by atoms with E-state index in [1.807, 2.05) is 0 Å². The van der Waals surface area contributed by atoms with E-state index in [9.17, 15) is 22.4 Å². The number of carbonyl (C=O) groups excluding carboxylic acids is 1. The third-order valence-electron chi connectivity index (χ3n) is 3.76. The van der Waals surface area contributed by atoms with E-state index >= 15 is 0 Å². The molecule has 5 nitrogen and oxygen atoms in total. The van der Waals surface area contributed by atoms with E-state index in [2.05, 4.69) is 10.4 Å². The first-order chi connectivity index (χ1) is 13.3. The minimum atomic E-state index is -4.46. The number of aromatic nitrogens is 2. The number of ether oxygens (including phenoxy) is 1. The molecule has 0 bridgehead atoms. The fourth-order valence-electron chi connectivity index (χ4n) is 2.33. The van der Waals surface area contributed by atoms with Gasteiger partial charge in [-0.3, -0.25) is 4.79 Å². The maximum Gasteiger partial charge on any atom is 0.416 e. The quantitative estimate of drug-likeness (QED) is 0.644. The predicted molar refractivity (Wildman–Crippen MR) is 91.9 cm³/mol. The van der Waals surface area contributed by atoms with E-state index in [1.54, 1.807) is 12.1 Å². The Bertz CT molecular complexity index is 952. The first-order valence-corrected chi connectivity index (χ1v) is 8.17. The molecule has 0 saturated heterocycles. The molecule has 0 aliphatic heterocycles. The number of benzene rings is 2. The maximum atomic E-state index is 12.9. The average Bonchev–Trinajstić information content (AvgIpc) is 3.14. The van der Waals surface area contributed by atoms with E-state index in [4.69, 9.17) is 4.74 Å². The molecule has 0 unspecified atom stereocenters. The lowest BCUT2D eigenvalue weighted by Gasteiger charge is -2.10. The van der Waals surface area contributed by atoms with Gasteiger partial charge in [-0.05, 0) is 42.0 Å². The molecule has 0 saturated carbocycles. The summed E-state index contributed by atoms with van der Waals surface area (Å²) in [4.78, 5) is 12.1. The number of alkyl halides is 3. The predicted octanol–water partition coefficient (Wildman–Crippen LogP) is 4.01. The number of amides is 1. The fourth-order valence-corrected chi connectivity index (χ4v) is 2.33. The SMILES string of the molecule is O=C(NCc1ccc(F)cc1)c1ccn(COc2cccc(C(F)(F)F)c2)n1. The van der Waals surface area contributed by atoms with Crippen LogP contribution in [0.2, 0.25) is 0 Å². The molecule has 0 fully saturated rings. The zero-order valence-electron chi connectivity index (χ0n) is 14.4. The second-order valence-corrected chi connectivity index (χ2v) is 5.85. The second kappa shape index (κ2) is 8.12. The van der Waals surface area contributed by atoms with Crippen LogP contribution in [-0.2, 0) is 19.5 Å². The van der Waals surface area contributed by atoms with Crippen molar-refractivity contribution in [1.29, 1.82) is 0 Å². The van der Waals surface area contributed by atoms with Crippen LogP contribution in [0.3, 0.4) is 0 Å². The standard InChI is InChI=1S/C19H15F4N3O2/c20-15-6-4-13(5-7-15)11-24-18(27)17-8-9-26(25-17)12-28-16-3-1-2-14(10-16)19(21,22)23/h1-10H,11-12H2,(H,24,27). The number of rotatable bonds is 6. The third kappa shape index (κ3) is 5.09. The number of hydrogen-bond acceptors (Lipinski definition) is 3. The van der Waals surface area contributed by atoms with E-state index in [0.717, 1.165) is 17.7 Å². The number of halogens is 4. The lowest BCUT2D eigenvalue weighted by molar-refractivity contribution is -0.137. The molecule has 9 heteroatoms. The molecule has 3 aromatic rings. The van der Waals surface area contributed by atoms with Crippen LogP contribution in [0.4, 0.5) is 17.6 Å². The highest BCUT2D eigenvalue weighted by Gasteiger charge is 2.30. The molecule has 1 amide bonds. The van der Waals surface area contributed by atoms with Gasteiger partial charge in [0.2, 0.25) is 0 Å². The summed E-state index contributed by atoms with van der Waals surface area (Å²) >= 11 is 0. The molecule has 2 aromatic carbocycles. The largest absolute Gasteiger partial charge is 0.471 e. The Hall–Kier alpha value is -3.36. The summed E-state index contributed by atoms with van der Waals surface area (Å²) in [6.07, 6.45) is -2.98. The lowest BCUT2D eigenvalue weighted by atomic mass is 10.2. The summed E-state index contributed by atoms with van der Waals surface area (Å²) in [7, 11) is 0. The topological polar surface area (TPSA) is 56.2 Å². The summed E-state index contributed by atoms with van der Waals surface area (Å²) in [6.45, 7) is 0.0409. The zero-order chi connectivity index (χ0) is 20.1. The molecule has 146 valence electrons. The van der Waals surface area contributed by atoms with Crippen molar-refractivity contribution in [2.24, 2.45) is 0 Å². The van der Waals surface area contributed by atoms with Gasteiger partial charge in [0, 0.05) is 12.7 Å². The van der Waals surface area contributed by atoms with Crippen LogP contribution >= 0.6 is 0 Å². The molecule has 0 aliphatic rings. The van der Waals surface area contributed by atoms with Gasteiger partial charge >= 0.3 is 6.18 Å². The maximum absolute atomic E-state index is 12.9. The summed E-state index contributed by atoms with van der Waals surface area (Å²) in [5.41, 5.74) is 0.0307. The number of nitrogens with one attached hydrogen (secondary N) is 1. The van der Waals surface area contributed by atoms with Crippen LogP contribution < -0.4 is 10.1 Å². The van der Waals surface area contributed by atoms with Crippen molar-refractivity contribution in [2.75, 3.05) is 0 Å². The molecule has 1 aromatic heterocycles. The van der Waals surface area contributed by atoms with Crippen LogP contribution in [0.5, 0.6) is 5.75 Å². The van der Waals surface area contributed by atoms with Crippen molar-refractivity contribution >= 4 is 5.91 Å². The van der Waals surface area contributed by atoms with Gasteiger partial charge in [0.15, 0.2) is 6.73 Å². The van der Waals surface area contributed by atoms with Crippen molar-refractivity contribution in [3.63, 3.8) is 0 Å². The summed E-state index contributed by atoms with van der Waals surface area (Å²) in [6, 6.07) is 11.6. The van der Waals surface area contributed by atoms with Gasteiger partial charge in [-0.2, -0.15) is 18.3 Å². The molecule has 3 rings (SSSR count). The highest BCUT2D eigenvalue weighted by Crippen LogP contribution is 2.31. The first kappa shape index (κ1) is 19.4. The van der Waals surface area contributed by atoms with E-state index in [-0.39, 0.29) is 30.5 Å². The van der Waals surface area contributed by atoms with Gasteiger partial charge in [-0.1, -0.05) is 18.2 Å².